The Labute approximate surface area is 187 Å². The number of anilines is 3. The number of nitrogens with one attached hydrogen (secondary N) is 1. The van der Waals surface area contributed by atoms with E-state index in [0.717, 1.165) is 48.3 Å². The maximum absolute atomic E-state index is 5.43. The van der Waals surface area contributed by atoms with Gasteiger partial charge in [0, 0.05) is 60.6 Å². The Morgan fingerprint density at radius 1 is 0.903 bits per heavy atom. The Hall–Kier alpha value is -2.97. The maximum atomic E-state index is 5.43. The zero-order chi connectivity index (χ0) is 21.8. The van der Waals surface area contributed by atoms with Gasteiger partial charge in [-0.25, -0.2) is 4.98 Å². The van der Waals surface area contributed by atoms with Gasteiger partial charge in [-0.05, 0) is 19.2 Å². The summed E-state index contributed by atoms with van der Waals surface area (Å²) in [6, 6.07) is 12.4. The third-order valence-electron chi connectivity index (χ3n) is 5.45. The molecule has 0 radical (unpaired) electrons. The molecule has 164 valence electrons. The smallest absolute Gasteiger partial charge is 0.203 e. The zero-order valence-corrected chi connectivity index (χ0v) is 19.2. The van der Waals surface area contributed by atoms with E-state index in [9.17, 15) is 0 Å². The molecule has 1 aliphatic rings. The minimum absolute atomic E-state index is 0.566. The molecule has 0 spiro atoms. The van der Waals surface area contributed by atoms with Gasteiger partial charge in [0.15, 0.2) is 16.6 Å². The Morgan fingerprint density at radius 3 is 2.13 bits per heavy atom. The summed E-state index contributed by atoms with van der Waals surface area (Å²) in [6.07, 6.45) is 0. The number of hydrogen-bond acceptors (Lipinski definition) is 8. The lowest BCUT2D eigenvalue weighted by atomic mass is 10.1. The SMILES string of the molecule is COc1cc(Nc2nc(-c3ccc(N4CCN(C)CC4)cc3)cs2)cc(OC)c1OC. The topological polar surface area (TPSA) is 59.1 Å². The molecule has 4 rings (SSSR count). The van der Waals surface area contributed by atoms with Gasteiger partial charge in [-0.15, -0.1) is 11.3 Å². The first-order valence-corrected chi connectivity index (χ1v) is 11.1. The van der Waals surface area contributed by atoms with Crippen LogP contribution in [0, 0.1) is 0 Å². The zero-order valence-electron chi connectivity index (χ0n) is 18.3. The molecule has 0 aliphatic carbocycles. The van der Waals surface area contributed by atoms with Crippen molar-refractivity contribution in [2.24, 2.45) is 0 Å². The van der Waals surface area contributed by atoms with E-state index in [1.807, 2.05) is 12.1 Å². The standard InChI is InChI=1S/C23H28N4O3S/c1-26-9-11-27(12-10-26)18-7-5-16(6-8-18)19-15-31-23(25-19)24-17-13-20(28-2)22(30-4)21(14-17)29-3/h5-8,13-15H,9-12H2,1-4H3,(H,24,25). The van der Waals surface area contributed by atoms with Crippen LogP contribution in [0.15, 0.2) is 41.8 Å². The van der Waals surface area contributed by atoms with Crippen LogP contribution in [0.4, 0.5) is 16.5 Å². The highest BCUT2D eigenvalue weighted by atomic mass is 32.1. The Kier molecular flexibility index (Phi) is 6.48. The van der Waals surface area contributed by atoms with Crippen LogP contribution in [0.3, 0.4) is 0 Å². The number of piperazine rings is 1. The highest BCUT2D eigenvalue weighted by Gasteiger charge is 2.16. The second-order valence-corrected chi connectivity index (χ2v) is 8.27. The number of benzene rings is 2. The van der Waals surface area contributed by atoms with E-state index in [1.165, 1.54) is 5.69 Å². The van der Waals surface area contributed by atoms with E-state index in [2.05, 4.69) is 51.8 Å². The number of methoxy groups -OCH3 is 3. The molecular formula is C23H28N4O3S. The minimum atomic E-state index is 0.566. The Morgan fingerprint density at radius 2 is 1.55 bits per heavy atom. The number of aromatic nitrogens is 1. The highest BCUT2D eigenvalue weighted by Crippen LogP contribution is 2.41. The normalized spacial score (nSPS) is 14.4. The first-order chi connectivity index (χ1) is 15.1. The third kappa shape index (κ3) is 4.70. The molecule has 0 bridgehead atoms. The van der Waals surface area contributed by atoms with Gasteiger partial charge < -0.3 is 29.3 Å². The van der Waals surface area contributed by atoms with Crippen LogP contribution in [-0.2, 0) is 0 Å². The van der Waals surface area contributed by atoms with Crippen LogP contribution >= 0.6 is 11.3 Å². The molecule has 0 saturated carbocycles. The van der Waals surface area contributed by atoms with Crippen molar-refractivity contribution in [3.05, 3.63) is 41.8 Å². The summed E-state index contributed by atoms with van der Waals surface area (Å²) in [4.78, 5) is 9.55. The molecule has 8 heteroatoms. The number of ether oxygens (including phenoxy) is 3. The fraction of sp³-hybridized carbons (Fsp3) is 0.348. The lowest BCUT2D eigenvalue weighted by Gasteiger charge is -2.34. The van der Waals surface area contributed by atoms with Crippen molar-refractivity contribution in [1.82, 2.24) is 9.88 Å². The molecule has 0 atom stereocenters. The molecule has 0 unspecified atom stereocenters. The predicted octanol–water partition coefficient (Wildman–Crippen LogP) is 4.33. The van der Waals surface area contributed by atoms with E-state index in [0.29, 0.717) is 17.2 Å². The first kappa shape index (κ1) is 21.3. The van der Waals surface area contributed by atoms with Gasteiger partial charge in [-0.3, -0.25) is 0 Å². The summed E-state index contributed by atoms with van der Waals surface area (Å²) >= 11 is 1.56. The van der Waals surface area contributed by atoms with Crippen LogP contribution in [0.5, 0.6) is 17.2 Å². The van der Waals surface area contributed by atoms with Gasteiger partial charge in [0.2, 0.25) is 5.75 Å². The summed E-state index contributed by atoms with van der Waals surface area (Å²) in [5, 5.41) is 6.20. The number of likely N-dealkylation sites (N-methyl/N-ethyl adjacent to an activating group) is 1. The average molecular weight is 441 g/mol. The average Bonchev–Trinajstić information content (AvgIpc) is 3.27. The van der Waals surface area contributed by atoms with Crippen LogP contribution in [0.1, 0.15) is 0 Å². The van der Waals surface area contributed by atoms with E-state index < -0.39 is 0 Å². The van der Waals surface area contributed by atoms with Crippen molar-refractivity contribution in [2.75, 3.05) is 64.8 Å². The summed E-state index contributed by atoms with van der Waals surface area (Å²) in [6.45, 7) is 4.33. The molecule has 0 amide bonds. The molecule has 31 heavy (non-hydrogen) atoms. The van der Waals surface area contributed by atoms with Crippen molar-refractivity contribution < 1.29 is 14.2 Å². The van der Waals surface area contributed by atoms with Gasteiger partial charge in [0.05, 0.1) is 27.0 Å². The molecule has 7 nitrogen and oxygen atoms in total. The summed E-state index contributed by atoms with van der Waals surface area (Å²) in [5.41, 5.74) is 4.14. The van der Waals surface area contributed by atoms with Gasteiger partial charge in [-0.2, -0.15) is 0 Å². The monoisotopic (exact) mass is 440 g/mol. The first-order valence-electron chi connectivity index (χ1n) is 10.2. The van der Waals surface area contributed by atoms with Crippen molar-refractivity contribution >= 4 is 27.8 Å². The third-order valence-corrected chi connectivity index (χ3v) is 6.21. The van der Waals surface area contributed by atoms with Crippen LogP contribution in [0.2, 0.25) is 0 Å². The molecule has 1 aromatic heterocycles. The molecule has 3 aromatic rings. The molecule has 1 saturated heterocycles. The second kappa shape index (κ2) is 9.45. The van der Waals surface area contributed by atoms with Crippen molar-refractivity contribution in [3.63, 3.8) is 0 Å². The largest absolute Gasteiger partial charge is 0.493 e. The molecule has 2 heterocycles. The number of nitrogens with zero attached hydrogens (tertiary/aromatic N) is 3. The van der Waals surface area contributed by atoms with Gasteiger partial charge in [0.25, 0.3) is 0 Å². The van der Waals surface area contributed by atoms with Crippen LogP contribution in [-0.4, -0.2) is 64.4 Å². The number of thiazole rings is 1. The van der Waals surface area contributed by atoms with Gasteiger partial charge in [-0.1, -0.05) is 12.1 Å². The van der Waals surface area contributed by atoms with Crippen molar-refractivity contribution in [2.45, 2.75) is 0 Å². The predicted molar refractivity (Wildman–Crippen MR) is 127 cm³/mol. The fourth-order valence-electron chi connectivity index (χ4n) is 3.65. The molecule has 2 aromatic carbocycles. The quantitative estimate of drug-likeness (QED) is 0.587. The van der Waals surface area contributed by atoms with E-state index >= 15 is 0 Å². The van der Waals surface area contributed by atoms with Crippen LogP contribution < -0.4 is 24.4 Å². The molecular weight excluding hydrogens is 412 g/mol. The number of rotatable bonds is 7. The molecule has 1 fully saturated rings. The van der Waals surface area contributed by atoms with Gasteiger partial charge in [0.1, 0.15) is 0 Å². The lowest BCUT2D eigenvalue weighted by molar-refractivity contribution is 0.313. The van der Waals surface area contributed by atoms with Crippen molar-refractivity contribution in [3.8, 4) is 28.5 Å². The van der Waals surface area contributed by atoms with E-state index in [-0.39, 0.29) is 0 Å². The van der Waals surface area contributed by atoms with Crippen molar-refractivity contribution in [1.29, 1.82) is 0 Å². The molecule has 1 aliphatic heterocycles. The second-order valence-electron chi connectivity index (χ2n) is 7.41. The van der Waals surface area contributed by atoms with E-state index in [1.54, 1.807) is 32.7 Å². The van der Waals surface area contributed by atoms with E-state index in [4.69, 9.17) is 19.2 Å². The van der Waals surface area contributed by atoms with Gasteiger partial charge >= 0.3 is 0 Å². The maximum Gasteiger partial charge on any atom is 0.203 e. The fourth-order valence-corrected chi connectivity index (χ4v) is 4.39. The Bertz CT molecular complexity index is 989. The lowest BCUT2D eigenvalue weighted by Crippen LogP contribution is -2.44. The summed E-state index contributed by atoms with van der Waals surface area (Å²) in [5.74, 6) is 1.76. The summed E-state index contributed by atoms with van der Waals surface area (Å²) in [7, 11) is 6.98. The molecule has 1 N–H and O–H groups in total. The highest BCUT2D eigenvalue weighted by molar-refractivity contribution is 7.14. The Balaban J connectivity index is 1.48. The minimum Gasteiger partial charge on any atom is -0.493 e. The summed E-state index contributed by atoms with van der Waals surface area (Å²) < 4.78 is 16.2. The number of hydrogen-bond donors (Lipinski definition) is 1. The van der Waals surface area contributed by atoms with Crippen LogP contribution in [0.25, 0.3) is 11.3 Å².